The molecule has 0 saturated carbocycles. The predicted octanol–water partition coefficient (Wildman–Crippen LogP) is 2.99. The molecule has 0 bridgehead atoms. The van der Waals surface area contributed by atoms with Crippen LogP contribution in [0, 0.1) is 12.7 Å². The minimum absolute atomic E-state index is 0.171. The highest BCUT2D eigenvalue weighted by Gasteiger charge is 2.27. The number of piperazine rings is 1. The first-order valence-electron chi connectivity index (χ1n) is 8.49. The molecule has 25 heavy (non-hydrogen) atoms. The summed E-state index contributed by atoms with van der Waals surface area (Å²) in [7, 11) is 0. The van der Waals surface area contributed by atoms with E-state index in [9.17, 15) is 9.50 Å². The molecule has 0 unspecified atom stereocenters. The molecule has 2 aromatic rings. The fraction of sp³-hybridized carbons (Fsp3) is 0.389. The smallest absolute Gasteiger partial charge is 0.139 e. The number of aliphatic hydroxyl groups excluding tert-OH is 1. The number of fused-ring (bicyclic) bond motifs is 2. The monoisotopic (exact) mass is 360 g/mol. The van der Waals surface area contributed by atoms with Crippen molar-refractivity contribution in [1.82, 2.24) is 10.2 Å². The van der Waals surface area contributed by atoms with E-state index in [-0.39, 0.29) is 18.5 Å². The Labute approximate surface area is 150 Å². The van der Waals surface area contributed by atoms with Crippen molar-refractivity contribution in [2.24, 2.45) is 4.99 Å². The molecule has 3 N–H and O–H groups in total. The van der Waals surface area contributed by atoms with Gasteiger partial charge >= 0.3 is 0 Å². The zero-order valence-corrected chi connectivity index (χ0v) is 14.9. The Kier molecular flexibility index (Phi) is 4.45. The second-order valence-corrected chi connectivity index (χ2v) is 7.69. The molecular formula is C18H21FN4OS. The molecule has 0 radical (unpaired) electrons. The lowest BCUT2D eigenvalue weighted by Gasteiger charge is -2.35. The third-order valence-electron chi connectivity index (χ3n) is 4.56. The van der Waals surface area contributed by atoms with Crippen molar-refractivity contribution in [3.8, 4) is 0 Å². The number of anilines is 2. The van der Waals surface area contributed by atoms with Crippen LogP contribution in [0.15, 0.2) is 29.3 Å². The van der Waals surface area contributed by atoms with Crippen LogP contribution in [-0.4, -0.2) is 48.1 Å². The van der Waals surface area contributed by atoms with Gasteiger partial charge in [-0.25, -0.2) is 9.38 Å². The predicted molar refractivity (Wildman–Crippen MR) is 100 cm³/mol. The van der Waals surface area contributed by atoms with Crippen LogP contribution in [0.1, 0.15) is 16.9 Å². The molecule has 0 spiro atoms. The first-order chi connectivity index (χ1) is 12.1. The normalized spacial score (nSPS) is 19.6. The van der Waals surface area contributed by atoms with Crippen molar-refractivity contribution in [1.29, 1.82) is 0 Å². The summed E-state index contributed by atoms with van der Waals surface area (Å²) in [5, 5.41) is 17.0. The number of aryl methyl sites for hydroxylation is 1. The third-order valence-corrected chi connectivity index (χ3v) is 5.53. The van der Waals surface area contributed by atoms with Gasteiger partial charge < -0.3 is 20.6 Å². The minimum atomic E-state index is -0.273. The fourth-order valence-corrected chi connectivity index (χ4v) is 4.30. The highest BCUT2D eigenvalue weighted by molar-refractivity contribution is 7.16. The lowest BCUT2D eigenvalue weighted by Crippen LogP contribution is -2.53. The van der Waals surface area contributed by atoms with Crippen LogP contribution in [0.4, 0.5) is 20.8 Å². The van der Waals surface area contributed by atoms with Crippen LogP contribution in [0.5, 0.6) is 0 Å². The van der Waals surface area contributed by atoms with E-state index in [2.05, 4.69) is 28.5 Å². The molecule has 5 nitrogen and oxygen atoms in total. The van der Waals surface area contributed by atoms with E-state index in [4.69, 9.17) is 4.99 Å². The van der Waals surface area contributed by atoms with E-state index in [1.54, 1.807) is 17.4 Å². The lowest BCUT2D eigenvalue weighted by molar-refractivity contribution is 0.223. The summed E-state index contributed by atoms with van der Waals surface area (Å²) in [4.78, 5) is 8.34. The summed E-state index contributed by atoms with van der Waals surface area (Å²) < 4.78 is 13.7. The molecular weight excluding hydrogens is 339 g/mol. The van der Waals surface area contributed by atoms with Crippen molar-refractivity contribution in [3.63, 3.8) is 0 Å². The summed E-state index contributed by atoms with van der Waals surface area (Å²) in [6.07, 6.45) is 0.722. The number of nitrogens with one attached hydrogen (secondary N) is 2. The van der Waals surface area contributed by atoms with Gasteiger partial charge in [-0.3, -0.25) is 0 Å². The molecule has 2 aliphatic heterocycles. The highest BCUT2D eigenvalue weighted by Crippen LogP contribution is 2.39. The Morgan fingerprint density at radius 3 is 3.12 bits per heavy atom. The Morgan fingerprint density at radius 2 is 2.28 bits per heavy atom. The number of halogens is 1. The number of hydrogen-bond acceptors (Lipinski definition) is 6. The molecule has 2 aliphatic rings. The second-order valence-electron chi connectivity index (χ2n) is 6.43. The first kappa shape index (κ1) is 16.5. The zero-order valence-electron chi connectivity index (χ0n) is 14.1. The quantitative estimate of drug-likeness (QED) is 0.771. The van der Waals surface area contributed by atoms with E-state index in [1.807, 2.05) is 0 Å². The van der Waals surface area contributed by atoms with Gasteiger partial charge in [0.1, 0.15) is 16.7 Å². The number of thiophene rings is 1. The van der Waals surface area contributed by atoms with Crippen LogP contribution < -0.4 is 10.6 Å². The van der Waals surface area contributed by atoms with Gasteiger partial charge in [0.05, 0.1) is 16.9 Å². The Hall–Kier alpha value is -1.96. The molecule has 1 aromatic heterocycles. The average molecular weight is 360 g/mol. The summed E-state index contributed by atoms with van der Waals surface area (Å²) in [5.41, 5.74) is 2.50. The summed E-state index contributed by atoms with van der Waals surface area (Å²) in [6.45, 7) is 4.74. The van der Waals surface area contributed by atoms with Crippen molar-refractivity contribution in [2.75, 3.05) is 31.6 Å². The Balaban J connectivity index is 1.76. The van der Waals surface area contributed by atoms with Crippen LogP contribution in [0.2, 0.25) is 0 Å². The maximum Gasteiger partial charge on any atom is 0.139 e. The summed E-state index contributed by atoms with van der Waals surface area (Å²) >= 11 is 1.66. The molecule has 1 aromatic carbocycles. The fourth-order valence-electron chi connectivity index (χ4n) is 3.38. The van der Waals surface area contributed by atoms with Gasteiger partial charge in [-0.1, -0.05) is 0 Å². The minimum Gasteiger partial charge on any atom is -0.396 e. The summed E-state index contributed by atoms with van der Waals surface area (Å²) in [5.74, 6) is 0.645. The molecule has 1 fully saturated rings. The van der Waals surface area contributed by atoms with Gasteiger partial charge in [0.2, 0.25) is 0 Å². The highest BCUT2D eigenvalue weighted by atomic mass is 32.1. The maximum absolute atomic E-state index is 13.7. The van der Waals surface area contributed by atoms with Gasteiger partial charge in [-0.2, -0.15) is 0 Å². The number of hydrogen-bond donors (Lipinski definition) is 3. The van der Waals surface area contributed by atoms with Crippen LogP contribution in [-0.2, 0) is 0 Å². The number of aliphatic hydroxyl groups is 1. The molecule has 3 heterocycles. The van der Waals surface area contributed by atoms with Gasteiger partial charge in [0.15, 0.2) is 0 Å². The molecule has 1 atom stereocenters. The van der Waals surface area contributed by atoms with Gasteiger partial charge in [0, 0.05) is 37.2 Å². The van der Waals surface area contributed by atoms with Crippen LogP contribution >= 0.6 is 11.3 Å². The first-order valence-corrected chi connectivity index (χ1v) is 9.31. The van der Waals surface area contributed by atoms with Gasteiger partial charge in [-0.15, -0.1) is 11.3 Å². The second kappa shape index (κ2) is 6.74. The number of aliphatic imine (C=N–C) groups is 1. The Bertz CT molecular complexity index is 817. The topological polar surface area (TPSA) is 59.9 Å². The Morgan fingerprint density at radius 1 is 1.40 bits per heavy atom. The molecule has 7 heteroatoms. The van der Waals surface area contributed by atoms with E-state index in [1.165, 1.54) is 17.0 Å². The number of amidine groups is 1. The summed E-state index contributed by atoms with van der Waals surface area (Å²) in [6, 6.07) is 7.03. The van der Waals surface area contributed by atoms with Crippen molar-refractivity contribution in [3.05, 3.63) is 40.5 Å². The standard InChI is InChI=1S/C18H21FN4OS/c1-11-8-14-17(23-6-5-20-13(10-23)4-7-24)21-15-3-2-12(19)9-16(15)22-18(14)25-11/h2-3,8-9,13,20,22,24H,4-7,10H2,1H3/t13-/m0/s1. The molecule has 0 aliphatic carbocycles. The van der Waals surface area contributed by atoms with Crippen molar-refractivity contribution < 1.29 is 9.50 Å². The molecule has 132 valence electrons. The maximum atomic E-state index is 13.7. The average Bonchev–Trinajstić information content (AvgIpc) is 2.88. The third kappa shape index (κ3) is 3.27. The van der Waals surface area contributed by atoms with E-state index >= 15 is 0 Å². The van der Waals surface area contributed by atoms with E-state index < -0.39 is 0 Å². The molecule has 4 rings (SSSR count). The largest absolute Gasteiger partial charge is 0.396 e. The zero-order chi connectivity index (χ0) is 17.4. The van der Waals surface area contributed by atoms with Crippen LogP contribution in [0.3, 0.4) is 0 Å². The lowest BCUT2D eigenvalue weighted by atomic mass is 10.1. The van der Waals surface area contributed by atoms with E-state index in [0.29, 0.717) is 5.69 Å². The van der Waals surface area contributed by atoms with Crippen LogP contribution in [0.25, 0.3) is 0 Å². The number of benzene rings is 1. The molecule has 0 amide bonds. The molecule has 1 saturated heterocycles. The van der Waals surface area contributed by atoms with E-state index in [0.717, 1.165) is 48.1 Å². The number of nitrogens with zero attached hydrogens (tertiary/aromatic N) is 2. The van der Waals surface area contributed by atoms with Crippen molar-refractivity contribution in [2.45, 2.75) is 19.4 Å². The SMILES string of the molecule is Cc1cc2c(s1)Nc1cc(F)ccc1N=C2N1CCN[C@@H](CCO)C1. The number of rotatable bonds is 2. The van der Waals surface area contributed by atoms with Crippen molar-refractivity contribution >= 4 is 33.5 Å². The van der Waals surface area contributed by atoms with Gasteiger partial charge in [-0.05, 0) is 37.6 Å². The van der Waals surface area contributed by atoms with Gasteiger partial charge in [0.25, 0.3) is 0 Å².